The van der Waals surface area contributed by atoms with E-state index < -0.39 is 11.7 Å². The van der Waals surface area contributed by atoms with Gasteiger partial charge in [0.1, 0.15) is 23.0 Å². The van der Waals surface area contributed by atoms with E-state index in [0.717, 1.165) is 12.1 Å². The molecule has 210 valence electrons. The van der Waals surface area contributed by atoms with Crippen molar-refractivity contribution in [3.63, 3.8) is 0 Å². The number of hydrogen-bond donors (Lipinski definition) is 0. The zero-order valence-electron chi connectivity index (χ0n) is 22.4. The number of piperazine rings is 1. The molecule has 2 heterocycles. The number of rotatable bonds is 4. The van der Waals surface area contributed by atoms with E-state index in [2.05, 4.69) is 4.99 Å². The highest BCUT2D eigenvalue weighted by atomic mass is 19.4. The van der Waals surface area contributed by atoms with Crippen LogP contribution in [0.2, 0.25) is 0 Å². The van der Waals surface area contributed by atoms with E-state index >= 15 is 0 Å². The summed E-state index contributed by atoms with van der Waals surface area (Å²) in [6, 6.07) is 13.2. The second kappa shape index (κ2) is 10.6. The number of benzene rings is 3. The lowest BCUT2D eigenvalue weighted by molar-refractivity contribution is -0.137. The number of amides is 1. The van der Waals surface area contributed by atoms with Crippen LogP contribution in [0.15, 0.2) is 59.6 Å². The fourth-order valence-electron chi connectivity index (χ4n) is 4.89. The van der Waals surface area contributed by atoms with Crippen LogP contribution in [0, 0.1) is 0 Å². The Kier molecular flexibility index (Phi) is 7.22. The van der Waals surface area contributed by atoms with Crippen molar-refractivity contribution >= 4 is 17.4 Å². The molecule has 3 aromatic rings. The summed E-state index contributed by atoms with van der Waals surface area (Å²) in [4.78, 5) is 21.8. The molecule has 2 aliphatic rings. The number of ether oxygens (including phenoxy) is 4. The van der Waals surface area contributed by atoms with E-state index in [9.17, 15) is 18.0 Å². The molecule has 1 saturated heterocycles. The molecule has 3 aromatic carbocycles. The highest BCUT2D eigenvalue weighted by Crippen LogP contribution is 2.42. The Morgan fingerprint density at radius 3 is 2.35 bits per heavy atom. The van der Waals surface area contributed by atoms with Gasteiger partial charge in [0.05, 0.1) is 32.5 Å². The molecule has 5 rings (SSSR count). The lowest BCUT2D eigenvalue weighted by atomic mass is 10.1. The largest absolute Gasteiger partial charge is 0.497 e. The summed E-state index contributed by atoms with van der Waals surface area (Å²) < 4.78 is 62.6. The van der Waals surface area contributed by atoms with Crippen molar-refractivity contribution in [2.24, 2.45) is 4.99 Å². The molecule has 0 aliphatic carbocycles. The predicted octanol–water partition coefficient (Wildman–Crippen LogP) is 5.76. The Hall–Kier alpha value is -4.41. The summed E-state index contributed by atoms with van der Waals surface area (Å²) in [7, 11) is 4.56. The number of fused-ring (bicyclic) bond motifs is 2. The highest BCUT2D eigenvalue weighted by Gasteiger charge is 2.34. The molecule has 2 aliphatic heterocycles. The molecule has 1 atom stereocenters. The number of hydrogen-bond acceptors (Lipinski definition) is 7. The van der Waals surface area contributed by atoms with Crippen molar-refractivity contribution in [3.05, 3.63) is 71.3 Å². The standard InChI is InChI=1S/C29H28F3N3O5/c1-17-16-34(11-12-35(17)28(36)18-5-8-25(38-3)26(13-18)39-4)27-21-15-20(37-2)7-10-23(21)40-24-9-6-19(29(30,31)32)14-22(24)33-27/h5-10,13-15,17H,11-12,16H2,1-4H3. The number of carbonyl (C=O) groups is 1. The predicted molar refractivity (Wildman–Crippen MR) is 142 cm³/mol. The van der Waals surface area contributed by atoms with Gasteiger partial charge in [0, 0.05) is 31.2 Å². The number of nitrogens with zero attached hydrogens (tertiary/aromatic N) is 3. The summed E-state index contributed by atoms with van der Waals surface area (Å²) in [6.07, 6.45) is -4.53. The first-order valence-corrected chi connectivity index (χ1v) is 12.6. The van der Waals surface area contributed by atoms with Gasteiger partial charge in [-0.15, -0.1) is 0 Å². The van der Waals surface area contributed by atoms with Gasteiger partial charge in [-0.25, -0.2) is 4.99 Å². The number of halogens is 3. The summed E-state index contributed by atoms with van der Waals surface area (Å²) in [5.41, 5.74) is 0.287. The van der Waals surface area contributed by atoms with Gasteiger partial charge in [-0.2, -0.15) is 13.2 Å². The van der Waals surface area contributed by atoms with Gasteiger partial charge in [0.25, 0.3) is 5.91 Å². The first-order chi connectivity index (χ1) is 19.1. The molecule has 1 amide bonds. The normalized spacial score (nSPS) is 16.7. The summed E-state index contributed by atoms with van der Waals surface area (Å²) in [5.74, 6) is 2.45. The molecule has 0 spiro atoms. The fourth-order valence-corrected chi connectivity index (χ4v) is 4.89. The topological polar surface area (TPSA) is 72.8 Å². The average Bonchev–Trinajstić information content (AvgIpc) is 3.11. The van der Waals surface area contributed by atoms with Gasteiger partial charge in [0.15, 0.2) is 17.2 Å². The maximum Gasteiger partial charge on any atom is 0.416 e. The van der Waals surface area contributed by atoms with Crippen LogP contribution in [0.25, 0.3) is 0 Å². The van der Waals surface area contributed by atoms with Crippen LogP contribution >= 0.6 is 0 Å². The Morgan fingerprint density at radius 2 is 1.68 bits per heavy atom. The molecule has 8 nitrogen and oxygen atoms in total. The number of amidine groups is 1. The van der Waals surface area contributed by atoms with E-state index in [1.165, 1.54) is 27.4 Å². The molecular formula is C29H28F3N3O5. The minimum absolute atomic E-state index is 0.0662. The SMILES string of the molecule is COc1ccc2c(c1)C(N1CCN(C(=O)c3ccc(OC)c(OC)c3)C(C)C1)=Nc1cc(C(F)(F)F)ccc1O2. The molecule has 0 saturated carbocycles. The van der Waals surface area contributed by atoms with Gasteiger partial charge in [-0.1, -0.05) is 0 Å². The molecule has 0 bridgehead atoms. The van der Waals surface area contributed by atoms with Crippen LogP contribution in [0.4, 0.5) is 18.9 Å². The van der Waals surface area contributed by atoms with E-state index in [4.69, 9.17) is 18.9 Å². The minimum atomic E-state index is -4.53. The third-order valence-corrected chi connectivity index (χ3v) is 6.98. The first-order valence-electron chi connectivity index (χ1n) is 12.6. The molecule has 0 aromatic heterocycles. The van der Waals surface area contributed by atoms with Gasteiger partial charge in [-0.05, 0) is 61.5 Å². The second-order valence-electron chi connectivity index (χ2n) is 9.44. The van der Waals surface area contributed by atoms with Crippen LogP contribution in [0.1, 0.15) is 28.4 Å². The Balaban J connectivity index is 1.48. The Bertz CT molecular complexity index is 1470. The van der Waals surface area contributed by atoms with Gasteiger partial charge in [-0.3, -0.25) is 4.79 Å². The monoisotopic (exact) mass is 555 g/mol. The molecule has 1 unspecified atom stereocenters. The third-order valence-electron chi connectivity index (χ3n) is 6.98. The van der Waals surface area contributed by atoms with Gasteiger partial charge >= 0.3 is 6.18 Å². The zero-order valence-corrected chi connectivity index (χ0v) is 22.4. The van der Waals surface area contributed by atoms with Crippen molar-refractivity contribution in [1.29, 1.82) is 0 Å². The van der Waals surface area contributed by atoms with Gasteiger partial charge < -0.3 is 28.7 Å². The number of methoxy groups -OCH3 is 3. The van der Waals surface area contributed by atoms with Crippen molar-refractivity contribution < 1.29 is 36.9 Å². The maximum absolute atomic E-state index is 13.5. The fraction of sp³-hybridized carbons (Fsp3) is 0.310. The second-order valence-corrected chi connectivity index (χ2v) is 9.44. The molecule has 40 heavy (non-hydrogen) atoms. The highest BCUT2D eigenvalue weighted by molar-refractivity contribution is 6.04. The first kappa shape index (κ1) is 27.2. The smallest absolute Gasteiger partial charge is 0.416 e. The molecule has 11 heteroatoms. The quantitative estimate of drug-likeness (QED) is 0.408. The number of aliphatic imine (C=N–C) groups is 1. The minimum Gasteiger partial charge on any atom is -0.497 e. The molecular weight excluding hydrogens is 527 g/mol. The lowest BCUT2D eigenvalue weighted by Gasteiger charge is -2.41. The van der Waals surface area contributed by atoms with E-state index in [1.54, 1.807) is 41.3 Å². The summed E-state index contributed by atoms with van der Waals surface area (Å²) in [6.45, 7) is 3.07. The van der Waals surface area contributed by atoms with Crippen molar-refractivity contribution in [2.45, 2.75) is 19.1 Å². The Morgan fingerprint density at radius 1 is 0.925 bits per heavy atom. The Labute approximate surface area is 229 Å². The number of carbonyl (C=O) groups excluding carboxylic acids is 1. The van der Waals surface area contributed by atoms with E-state index in [1.807, 2.05) is 11.8 Å². The van der Waals surface area contributed by atoms with Crippen LogP contribution in [0.5, 0.6) is 28.7 Å². The molecule has 0 radical (unpaired) electrons. The van der Waals surface area contributed by atoms with E-state index in [-0.39, 0.29) is 23.4 Å². The van der Waals surface area contributed by atoms with Crippen molar-refractivity contribution in [2.75, 3.05) is 41.0 Å². The van der Waals surface area contributed by atoms with Crippen LogP contribution in [-0.4, -0.2) is 68.5 Å². The van der Waals surface area contributed by atoms with Crippen LogP contribution in [-0.2, 0) is 6.18 Å². The number of alkyl halides is 3. The lowest BCUT2D eigenvalue weighted by Crippen LogP contribution is -2.55. The van der Waals surface area contributed by atoms with Crippen molar-refractivity contribution in [3.8, 4) is 28.7 Å². The van der Waals surface area contributed by atoms with Crippen LogP contribution < -0.4 is 18.9 Å². The third kappa shape index (κ3) is 5.11. The summed E-state index contributed by atoms with van der Waals surface area (Å²) in [5, 5.41) is 0. The van der Waals surface area contributed by atoms with E-state index in [0.29, 0.717) is 59.6 Å². The molecule has 0 N–H and O–H groups in total. The van der Waals surface area contributed by atoms with Crippen LogP contribution in [0.3, 0.4) is 0 Å². The summed E-state index contributed by atoms with van der Waals surface area (Å²) >= 11 is 0. The van der Waals surface area contributed by atoms with Gasteiger partial charge in [0.2, 0.25) is 0 Å². The molecule has 1 fully saturated rings. The van der Waals surface area contributed by atoms with Crippen molar-refractivity contribution in [1.82, 2.24) is 9.80 Å². The average molecular weight is 556 g/mol. The maximum atomic E-state index is 13.5. The zero-order chi connectivity index (χ0) is 28.6.